The summed E-state index contributed by atoms with van der Waals surface area (Å²) in [6.45, 7) is 4.27. The molecule has 0 aromatic rings. The van der Waals surface area contributed by atoms with Gasteiger partial charge < -0.3 is 0 Å². The fourth-order valence-corrected chi connectivity index (χ4v) is 0.902. The smallest absolute Gasteiger partial charge is 0.0240 e. The molecule has 0 aliphatic rings. The first-order valence-corrected chi connectivity index (χ1v) is 4.92. The lowest BCUT2D eigenvalue weighted by Gasteiger charge is -1.84. The van der Waals surface area contributed by atoms with Crippen molar-refractivity contribution < 1.29 is 0 Å². The summed E-state index contributed by atoms with van der Waals surface area (Å²) in [6, 6.07) is 0. The summed E-state index contributed by atoms with van der Waals surface area (Å²) in [5.41, 5.74) is 3.20. The average molecular weight is 164 g/mol. The highest BCUT2D eigenvalue weighted by atomic mass is 13.8. The number of allylic oxidation sites excluding steroid dienone is 3. The van der Waals surface area contributed by atoms with Crippen molar-refractivity contribution in [3.05, 3.63) is 30.0 Å². The third-order valence-electron chi connectivity index (χ3n) is 1.65. The van der Waals surface area contributed by atoms with E-state index < -0.39 is 0 Å². The maximum Gasteiger partial charge on any atom is -0.0240 e. The first kappa shape index (κ1) is 11.3. The van der Waals surface area contributed by atoms with E-state index in [1.165, 1.54) is 19.3 Å². The quantitative estimate of drug-likeness (QED) is 0.313. The van der Waals surface area contributed by atoms with E-state index in [0.29, 0.717) is 0 Å². The van der Waals surface area contributed by atoms with Gasteiger partial charge in [-0.1, -0.05) is 25.5 Å². The summed E-state index contributed by atoms with van der Waals surface area (Å²) in [7, 11) is 0. The van der Waals surface area contributed by atoms with E-state index in [1.807, 2.05) is 0 Å². The van der Waals surface area contributed by atoms with E-state index in [1.54, 1.807) is 0 Å². The second-order valence-corrected chi connectivity index (χ2v) is 2.86. The molecule has 0 heterocycles. The molecule has 0 heteroatoms. The van der Waals surface area contributed by atoms with Crippen molar-refractivity contribution in [2.45, 2.75) is 46.0 Å². The molecule has 0 bridgehead atoms. The summed E-state index contributed by atoms with van der Waals surface area (Å²) in [6.07, 6.45) is 14.5. The molecule has 0 nitrogen and oxygen atoms in total. The Balaban J connectivity index is 3.28. The fourth-order valence-electron chi connectivity index (χ4n) is 0.902. The first-order valence-electron chi connectivity index (χ1n) is 4.92. The van der Waals surface area contributed by atoms with Crippen LogP contribution >= 0.6 is 0 Å². The fraction of sp³-hybridized carbons (Fsp3) is 0.583. The zero-order chi connectivity index (χ0) is 9.07. The van der Waals surface area contributed by atoms with Crippen molar-refractivity contribution in [3.8, 4) is 0 Å². The Morgan fingerprint density at radius 1 is 1.08 bits per heavy atom. The molecule has 0 fully saturated rings. The van der Waals surface area contributed by atoms with Crippen molar-refractivity contribution in [2.75, 3.05) is 0 Å². The van der Waals surface area contributed by atoms with Gasteiger partial charge in [0.1, 0.15) is 0 Å². The van der Waals surface area contributed by atoms with Gasteiger partial charge in [-0.15, -0.1) is 5.73 Å². The number of rotatable bonds is 6. The lowest BCUT2D eigenvalue weighted by molar-refractivity contribution is 0.815. The van der Waals surface area contributed by atoms with Crippen LogP contribution < -0.4 is 0 Å². The van der Waals surface area contributed by atoms with E-state index in [-0.39, 0.29) is 0 Å². The highest BCUT2D eigenvalue weighted by Gasteiger charge is 1.75. The van der Waals surface area contributed by atoms with Crippen LogP contribution in [0.3, 0.4) is 0 Å². The molecule has 0 saturated heterocycles. The molecule has 12 heavy (non-hydrogen) atoms. The van der Waals surface area contributed by atoms with Crippen molar-refractivity contribution in [2.24, 2.45) is 0 Å². The molecular formula is C12H20. The molecule has 0 aromatic heterocycles. The summed E-state index contributed by atoms with van der Waals surface area (Å²) >= 11 is 0. The molecule has 0 atom stereocenters. The zero-order valence-electron chi connectivity index (χ0n) is 8.34. The molecule has 0 rings (SSSR count). The predicted octanol–water partition coefficient (Wildman–Crippen LogP) is 4.24. The molecule has 0 saturated carbocycles. The molecule has 68 valence electrons. The molecule has 0 spiro atoms. The third kappa shape index (κ3) is 9.26. The molecule has 0 radical (unpaired) electrons. The molecule has 0 N–H and O–H groups in total. The van der Waals surface area contributed by atoms with Crippen LogP contribution in [0, 0.1) is 0 Å². The average Bonchev–Trinajstić information content (AvgIpc) is 2.10. The molecule has 0 amide bonds. The molecule has 0 aliphatic heterocycles. The Bertz CT molecular complexity index is 157. The van der Waals surface area contributed by atoms with Crippen molar-refractivity contribution in [1.82, 2.24) is 0 Å². The van der Waals surface area contributed by atoms with Crippen LogP contribution in [-0.2, 0) is 0 Å². The van der Waals surface area contributed by atoms with Gasteiger partial charge >= 0.3 is 0 Å². The van der Waals surface area contributed by atoms with Crippen LogP contribution in [-0.4, -0.2) is 0 Å². The molecule has 0 aliphatic carbocycles. The Hall–Kier alpha value is -0.740. The van der Waals surface area contributed by atoms with Crippen molar-refractivity contribution in [1.29, 1.82) is 0 Å². The van der Waals surface area contributed by atoms with E-state index >= 15 is 0 Å². The number of unbranched alkanes of at least 4 members (excludes halogenated alkanes) is 3. The lowest BCUT2D eigenvalue weighted by atomic mass is 10.2. The Morgan fingerprint density at radius 3 is 2.50 bits per heavy atom. The summed E-state index contributed by atoms with van der Waals surface area (Å²) in [5.74, 6) is 0. The monoisotopic (exact) mass is 164 g/mol. The summed E-state index contributed by atoms with van der Waals surface area (Å²) < 4.78 is 0. The van der Waals surface area contributed by atoms with Gasteiger partial charge in [-0.2, -0.15) is 0 Å². The van der Waals surface area contributed by atoms with Gasteiger partial charge in [-0.05, 0) is 44.8 Å². The molecular weight excluding hydrogens is 144 g/mol. The Morgan fingerprint density at radius 2 is 1.83 bits per heavy atom. The predicted molar refractivity (Wildman–Crippen MR) is 56.2 cm³/mol. The number of hydrogen-bond acceptors (Lipinski definition) is 0. The van der Waals surface area contributed by atoms with Gasteiger partial charge in [0, 0.05) is 0 Å². The second-order valence-electron chi connectivity index (χ2n) is 2.86. The van der Waals surface area contributed by atoms with Crippen LogP contribution in [0.4, 0.5) is 0 Å². The van der Waals surface area contributed by atoms with Gasteiger partial charge in [0.2, 0.25) is 0 Å². The summed E-state index contributed by atoms with van der Waals surface area (Å²) in [4.78, 5) is 0. The highest BCUT2D eigenvalue weighted by Crippen LogP contribution is 1.95. The van der Waals surface area contributed by atoms with Crippen molar-refractivity contribution >= 4 is 0 Å². The van der Waals surface area contributed by atoms with Gasteiger partial charge in [0.25, 0.3) is 0 Å². The second kappa shape index (κ2) is 10.3. The minimum atomic E-state index is 1.12. The van der Waals surface area contributed by atoms with Gasteiger partial charge in [-0.3, -0.25) is 0 Å². The SMILES string of the molecule is C/C=C/CCC=C=CCCCC. The summed E-state index contributed by atoms with van der Waals surface area (Å²) in [5, 5.41) is 0. The molecule has 0 unspecified atom stereocenters. The van der Waals surface area contributed by atoms with Gasteiger partial charge in [-0.25, -0.2) is 0 Å². The standard InChI is InChI=1S/C12H20/c1-3-5-7-9-11-12-10-8-6-4-2/h3,5,10-11H,4,6-9H2,1-2H3/b5-3+. The third-order valence-corrected chi connectivity index (χ3v) is 1.65. The number of hydrogen-bond donors (Lipinski definition) is 0. The van der Waals surface area contributed by atoms with Gasteiger partial charge in [0.15, 0.2) is 0 Å². The topological polar surface area (TPSA) is 0 Å². The van der Waals surface area contributed by atoms with Crippen LogP contribution in [0.1, 0.15) is 46.0 Å². The van der Waals surface area contributed by atoms with Gasteiger partial charge in [0.05, 0.1) is 0 Å². The van der Waals surface area contributed by atoms with E-state index in [9.17, 15) is 0 Å². The zero-order valence-corrected chi connectivity index (χ0v) is 8.34. The van der Waals surface area contributed by atoms with Crippen molar-refractivity contribution in [3.63, 3.8) is 0 Å². The van der Waals surface area contributed by atoms with Crippen LogP contribution in [0.15, 0.2) is 30.0 Å². The van der Waals surface area contributed by atoms with E-state index in [4.69, 9.17) is 0 Å². The maximum atomic E-state index is 3.20. The Labute approximate surface area is 76.7 Å². The van der Waals surface area contributed by atoms with Crippen LogP contribution in [0.2, 0.25) is 0 Å². The Kier molecular flexibility index (Phi) is 9.63. The van der Waals surface area contributed by atoms with E-state index in [0.717, 1.165) is 12.8 Å². The minimum Gasteiger partial charge on any atom is -0.130 e. The van der Waals surface area contributed by atoms with Crippen LogP contribution in [0.25, 0.3) is 0 Å². The largest absolute Gasteiger partial charge is 0.130 e. The normalized spacial score (nSPS) is 9.83. The van der Waals surface area contributed by atoms with E-state index in [2.05, 4.69) is 43.9 Å². The highest BCUT2D eigenvalue weighted by molar-refractivity contribution is 4.87. The lowest BCUT2D eigenvalue weighted by Crippen LogP contribution is -1.64. The molecule has 0 aromatic carbocycles. The maximum absolute atomic E-state index is 3.20. The minimum absolute atomic E-state index is 1.12. The first-order chi connectivity index (χ1) is 5.91. The van der Waals surface area contributed by atoms with Crippen LogP contribution in [0.5, 0.6) is 0 Å².